The summed E-state index contributed by atoms with van der Waals surface area (Å²) in [6.45, 7) is 1.28. The SMILES string of the molecule is COCCCC(N)C(=O)NCc1ccc2c(c1)OCO2. The lowest BCUT2D eigenvalue weighted by molar-refractivity contribution is -0.122. The molecule has 1 unspecified atom stereocenters. The number of benzene rings is 1. The maximum atomic E-state index is 11.8. The number of fused-ring (bicyclic) bond motifs is 1. The summed E-state index contributed by atoms with van der Waals surface area (Å²) >= 11 is 0. The Morgan fingerprint density at radius 3 is 3.05 bits per heavy atom. The number of carbonyl (C=O) groups is 1. The molecule has 1 aliphatic heterocycles. The Morgan fingerprint density at radius 2 is 2.25 bits per heavy atom. The fraction of sp³-hybridized carbons (Fsp3) is 0.500. The smallest absolute Gasteiger partial charge is 0.237 e. The van der Waals surface area contributed by atoms with Gasteiger partial charge in [-0.05, 0) is 30.5 Å². The molecule has 110 valence electrons. The van der Waals surface area contributed by atoms with Crippen molar-refractivity contribution in [2.75, 3.05) is 20.5 Å². The number of ether oxygens (including phenoxy) is 3. The molecule has 0 saturated heterocycles. The van der Waals surface area contributed by atoms with E-state index in [-0.39, 0.29) is 12.7 Å². The Balaban J connectivity index is 1.78. The van der Waals surface area contributed by atoms with Crippen LogP contribution in [0.2, 0.25) is 0 Å². The van der Waals surface area contributed by atoms with E-state index < -0.39 is 6.04 Å². The summed E-state index contributed by atoms with van der Waals surface area (Å²) < 4.78 is 15.4. The van der Waals surface area contributed by atoms with E-state index in [0.29, 0.717) is 25.3 Å². The monoisotopic (exact) mass is 280 g/mol. The minimum absolute atomic E-state index is 0.154. The molecular weight excluding hydrogens is 260 g/mol. The lowest BCUT2D eigenvalue weighted by atomic mass is 10.1. The second-order valence-corrected chi connectivity index (χ2v) is 4.65. The Labute approximate surface area is 118 Å². The quantitative estimate of drug-likeness (QED) is 0.721. The number of nitrogens with two attached hydrogens (primary N) is 1. The minimum Gasteiger partial charge on any atom is -0.454 e. The van der Waals surface area contributed by atoms with Gasteiger partial charge in [0.15, 0.2) is 11.5 Å². The molecule has 0 bridgehead atoms. The summed E-state index contributed by atoms with van der Waals surface area (Å²) in [4.78, 5) is 11.8. The number of hydrogen-bond donors (Lipinski definition) is 2. The van der Waals surface area contributed by atoms with Crippen molar-refractivity contribution in [3.8, 4) is 11.5 Å². The van der Waals surface area contributed by atoms with Gasteiger partial charge in [0.1, 0.15) is 0 Å². The van der Waals surface area contributed by atoms with Crippen LogP contribution < -0.4 is 20.5 Å². The Morgan fingerprint density at radius 1 is 1.45 bits per heavy atom. The van der Waals surface area contributed by atoms with E-state index in [9.17, 15) is 4.79 Å². The zero-order chi connectivity index (χ0) is 14.4. The molecule has 0 spiro atoms. The average molecular weight is 280 g/mol. The van der Waals surface area contributed by atoms with Gasteiger partial charge in [-0.15, -0.1) is 0 Å². The van der Waals surface area contributed by atoms with E-state index in [1.165, 1.54) is 0 Å². The van der Waals surface area contributed by atoms with Crippen molar-refractivity contribution >= 4 is 5.91 Å². The molecule has 2 rings (SSSR count). The van der Waals surface area contributed by atoms with E-state index in [4.69, 9.17) is 19.9 Å². The van der Waals surface area contributed by atoms with Crippen LogP contribution in [0.3, 0.4) is 0 Å². The number of hydrogen-bond acceptors (Lipinski definition) is 5. The number of nitrogens with one attached hydrogen (secondary N) is 1. The highest BCUT2D eigenvalue weighted by Gasteiger charge is 2.15. The fourth-order valence-electron chi connectivity index (χ4n) is 1.95. The zero-order valence-corrected chi connectivity index (χ0v) is 11.6. The second-order valence-electron chi connectivity index (χ2n) is 4.65. The molecule has 6 heteroatoms. The van der Waals surface area contributed by atoms with Gasteiger partial charge in [0.05, 0.1) is 6.04 Å². The molecule has 20 heavy (non-hydrogen) atoms. The number of methoxy groups -OCH3 is 1. The molecule has 0 aliphatic carbocycles. The van der Waals surface area contributed by atoms with Gasteiger partial charge in [-0.2, -0.15) is 0 Å². The van der Waals surface area contributed by atoms with Gasteiger partial charge in [-0.3, -0.25) is 4.79 Å². The summed E-state index contributed by atoms with van der Waals surface area (Å²) in [5, 5.41) is 2.82. The van der Waals surface area contributed by atoms with Crippen molar-refractivity contribution in [3.05, 3.63) is 23.8 Å². The normalized spacial score (nSPS) is 14.1. The van der Waals surface area contributed by atoms with Gasteiger partial charge >= 0.3 is 0 Å². The van der Waals surface area contributed by atoms with Crippen LogP contribution in [-0.2, 0) is 16.1 Å². The van der Waals surface area contributed by atoms with Gasteiger partial charge in [0.25, 0.3) is 0 Å². The molecule has 0 aromatic heterocycles. The van der Waals surface area contributed by atoms with Gasteiger partial charge < -0.3 is 25.3 Å². The van der Waals surface area contributed by atoms with E-state index in [1.54, 1.807) is 7.11 Å². The van der Waals surface area contributed by atoms with Crippen LogP contribution >= 0.6 is 0 Å². The van der Waals surface area contributed by atoms with Gasteiger partial charge in [0, 0.05) is 20.3 Å². The van der Waals surface area contributed by atoms with Crippen LogP contribution in [0.25, 0.3) is 0 Å². The molecule has 1 aromatic rings. The maximum Gasteiger partial charge on any atom is 0.237 e. The first-order valence-electron chi connectivity index (χ1n) is 6.61. The van der Waals surface area contributed by atoms with Crippen LogP contribution in [0, 0.1) is 0 Å². The number of carbonyl (C=O) groups excluding carboxylic acids is 1. The molecule has 1 amide bonds. The first kappa shape index (κ1) is 14.6. The maximum absolute atomic E-state index is 11.8. The fourth-order valence-corrected chi connectivity index (χ4v) is 1.95. The van der Waals surface area contributed by atoms with Crippen molar-refractivity contribution in [3.63, 3.8) is 0 Å². The summed E-state index contributed by atoms with van der Waals surface area (Å²) in [6.07, 6.45) is 1.38. The number of rotatable bonds is 7. The molecule has 3 N–H and O–H groups in total. The van der Waals surface area contributed by atoms with Crippen molar-refractivity contribution < 1.29 is 19.0 Å². The van der Waals surface area contributed by atoms with E-state index in [2.05, 4.69) is 5.32 Å². The number of amides is 1. The molecule has 6 nitrogen and oxygen atoms in total. The molecule has 0 fully saturated rings. The Hall–Kier alpha value is -1.79. The standard InChI is InChI=1S/C14H20N2O4/c1-18-6-2-3-11(15)14(17)16-8-10-4-5-12-13(7-10)20-9-19-12/h4-5,7,11H,2-3,6,8-9,15H2,1H3,(H,16,17). The predicted molar refractivity (Wildman–Crippen MR) is 73.5 cm³/mol. The highest BCUT2D eigenvalue weighted by atomic mass is 16.7. The largest absolute Gasteiger partial charge is 0.454 e. The summed E-state index contributed by atoms with van der Waals surface area (Å²) in [5.41, 5.74) is 6.75. The van der Waals surface area contributed by atoms with Crippen molar-refractivity contribution in [1.29, 1.82) is 0 Å². The summed E-state index contributed by atoms with van der Waals surface area (Å²) in [5.74, 6) is 1.29. The summed E-state index contributed by atoms with van der Waals surface area (Å²) in [6, 6.07) is 5.09. The predicted octanol–water partition coefficient (Wildman–Crippen LogP) is 0.785. The molecule has 0 saturated carbocycles. The highest BCUT2D eigenvalue weighted by molar-refractivity contribution is 5.81. The molecule has 1 aliphatic rings. The van der Waals surface area contributed by atoms with Gasteiger partial charge in [-0.25, -0.2) is 0 Å². The lowest BCUT2D eigenvalue weighted by Gasteiger charge is -2.12. The topological polar surface area (TPSA) is 82.8 Å². The van der Waals surface area contributed by atoms with Crippen LogP contribution in [0.4, 0.5) is 0 Å². The minimum atomic E-state index is -0.501. The highest BCUT2D eigenvalue weighted by Crippen LogP contribution is 2.32. The second kappa shape index (κ2) is 7.12. The van der Waals surface area contributed by atoms with E-state index >= 15 is 0 Å². The third-order valence-electron chi connectivity index (χ3n) is 3.10. The van der Waals surface area contributed by atoms with Crippen molar-refractivity contribution in [1.82, 2.24) is 5.32 Å². The lowest BCUT2D eigenvalue weighted by Crippen LogP contribution is -2.40. The van der Waals surface area contributed by atoms with Crippen molar-refractivity contribution in [2.45, 2.75) is 25.4 Å². The van der Waals surface area contributed by atoms with Gasteiger partial charge in [-0.1, -0.05) is 6.07 Å². The van der Waals surface area contributed by atoms with Crippen LogP contribution in [0.1, 0.15) is 18.4 Å². The van der Waals surface area contributed by atoms with E-state index in [0.717, 1.165) is 17.7 Å². The Bertz CT molecular complexity index is 464. The third-order valence-corrected chi connectivity index (χ3v) is 3.10. The van der Waals surface area contributed by atoms with Gasteiger partial charge in [0.2, 0.25) is 12.7 Å². The average Bonchev–Trinajstić information content (AvgIpc) is 2.92. The molecule has 1 atom stereocenters. The van der Waals surface area contributed by atoms with Crippen LogP contribution in [0.15, 0.2) is 18.2 Å². The molecular formula is C14H20N2O4. The zero-order valence-electron chi connectivity index (χ0n) is 11.6. The molecule has 1 aromatic carbocycles. The van der Waals surface area contributed by atoms with E-state index in [1.807, 2.05) is 18.2 Å². The molecule has 0 radical (unpaired) electrons. The van der Waals surface area contributed by atoms with Crippen LogP contribution in [0.5, 0.6) is 11.5 Å². The van der Waals surface area contributed by atoms with Crippen LogP contribution in [-0.4, -0.2) is 32.5 Å². The first-order chi connectivity index (χ1) is 9.70. The third kappa shape index (κ3) is 3.85. The summed E-state index contributed by atoms with van der Waals surface area (Å²) in [7, 11) is 1.63. The first-order valence-corrected chi connectivity index (χ1v) is 6.61. The Kier molecular flexibility index (Phi) is 5.20. The molecule has 1 heterocycles. The van der Waals surface area contributed by atoms with Crippen molar-refractivity contribution in [2.24, 2.45) is 5.73 Å².